The number of benzene rings is 3. The van der Waals surface area contributed by atoms with Crippen molar-refractivity contribution in [2.75, 3.05) is 19.1 Å². The van der Waals surface area contributed by atoms with Gasteiger partial charge in [-0.25, -0.2) is 0 Å². The van der Waals surface area contributed by atoms with Crippen LogP contribution in [0.5, 0.6) is 11.5 Å². The largest absolute Gasteiger partial charge is 0.493 e. The van der Waals surface area contributed by atoms with Crippen LogP contribution in [0.1, 0.15) is 33.9 Å². The van der Waals surface area contributed by atoms with Crippen molar-refractivity contribution < 1.29 is 14.3 Å². The number of rotatable bonds is 3. The molecule has 0 spiro atoms. The van der Waals surface area contributed by atoms with Crippen molar-refractivity contribution in [2.24, 2.45) is 4.99 Å². The molecule has 0 saturated carbocycles. The van der Waals surface area contributed by atoms with Gasteiger partial charge >= 0.3 is 0 Å². The van der Waals surface area contributed by atoms with Gasteiger partial charge in [0.2, 0.25) is 0 Å². The summed E-state index contributed by atoms with van der Waals surface area (Å²) < 4.78 is 11.0. The Morgan fingerprint density at radius 3 is 2.57 bits per heavy atom. The molecule has 0 bridgehead atoms. The third kappa shape index (κ3) is 2.77. The number of carbonyl (C=O) groups is 1. The summed E-state index contributed by atoms with van der Waals surface area (Å²) >= 11 is 6.27. The highest BCUT2D eigenvalue weighted by molar-refractivity contribution is 6.31. The van der Waals surface area contributed by atoms with E-state index in [1.165, 1.54) is 0 Å². The van der Waals surface area contributed by atoms with Crippen molar-refractivity contribution in [3.05, 3.63) is 82.4 Å². The SMILES string of the molecule is COc1ccc2c(c1OC)C(=O)N1c3ccc(Cl)cc3N=C(c3ccccc3)C[C@@H]21. The van der Waals surface area contributed by atoms with E-state index in [1.807, 2.05) is 48.5 Å². The normalized spacial score (nSPS) is 16.9. The molecule has 0 N–H and O–H groups in total. The molecule has 1 atom stereocenters. The second kappa shape index (κ2) is 7.18. The van der Waals surface area contributed by atoms with Crippen molar-refractivity contribution in [3.63, 3.8) is 0 Å². The zero-order chi connectivity index (χ0) is 20.8. The molecule has 1 amide bonds. The second-order valence-corrected chi connectivity index (χ2v) is 7.65. The van der Waals surface area contributed by atoms with Crippen LogP contribution >= 0.6 is 11.6 Å². The quantitative estimate of drug-likeness (QED) is 0.557. The van der Waals surface area contributed by atoms with Crippen molar-refractivity contribution in [1.29, 1.82) is 0 Å². The summed E-state index contributed by atoms with van der Waals surface area (Å²) in [6, 6.07) is 19.1. The molecule has 0 radical (unpaired) electrons. The maximum absolute atomic E-state index is 13.6. The molecule has 0 fully saturated rings. The van der Waals surface area contributed by atoms with Crippen LogP contribution in [-0.4, -0.2) is 25.8 Å². The highest BCUT2D eigenvalue weighted by atomic mass is 35.5. The lowest BCUT2D eigenvalue weighted by atomic mass is 9.96. The fraction of sp³-hybridized carbons (Fsp3) is 0.167. The molecule has 2 aliphatic heterocycles. The summed E-state index contributed by atoms with van der Waals surface area (Å²) in [5.74, 6) is 0.871. The Morgan fingerprint density at radius 1 is 1.03 bits per heavy atom. The number of fused-ring (bicyclic) bond motifs is 5. The predicted molar refractivity (Wildman–Crippen MR) is 118 cm³/mol. The second-order valence-electron chi connectivity index (χ2n) is 7.22. The zero-order valence-corrected chi connectivity index (χ0v) is 17.3. The Kier molecular flexibility index (Phi) is 4.48. The Labute approximate surface area is 179 Å². The number of hydrogen-bond acceptors (Lipinski definition) is 4. The first-order valence-electron chi connectivity index (χ1n) is 9.63. The minimum atomic E-state index is -0.200. The van der Waals surface area contributed by atoms with E-state index in [0.717, 1.165) is 22.5 Å². The first-order chi connectivity index (χ1) is 14.6. The van der Waals surface area contributed by atoms with E-state index in [9.17, 15) is 4.79 Å². The van der Waals surface area contributed by atoms with Crippen molar-refractivity contribution in [1.82, 2.24) is 0 Å². The van der Waals surface area contributed by atoms with Gasteiger partial charge in [0.25, 0.3) is 5.91 Å². The average Bonchev–Trinajstić information content (AvgIpc) is 2.94. The lowest BCUT2D eigenvalue weighted by Gasteiger charge is -2.24. The molecule has 3 aromatic rings. The van der Waals surface area contributed by atoms with Crippen molar-refractivity contribution >= 4 is 34.6 Å². The first-order valence-corrected chi connectivity index (χ1v) is 10.0. The number of hydrogen-bond donors (Lipinski definition) is 0. The molecule has 3 aromatic carbocycles. The standard InChI is InChI=1S/C24H19ClN2O3/c1-29-21-11-9-16-20-13-17(14-6-4-3-5-7-14)26-18-12-15(25)8-10-19(18)27(20)24(28)22(16)23(21)30-2/h3-12,20H,13H2,1-2H3/t20-/m0/s1. The van der Waals surface area contributed by atoms with Gasteiger partial charge in [-0.3, -0.25) is 14.7 Å². The van der Waals surface area contributed by atoms with Gasteiger partial charge < -0.3 is 9.47 Å². The summed E-state index contributed by atoms with van der Waals surface area (Å²) in [5, 5.41) is 0.576. The number of anilines is 1. The molecule has 6 heteroatoms. The smallest absolute Gasteiger partial charge is 0.263 e. The lowest BCUT2D eigenvalue weighted by Crippen LogP contribution is -2.28. The number of amides is 1. The topological polar surface area (TPSA) is 51.1 Å². The van der Waals surface area contributed by atoms with Gasteiger partial charge in [0.05, 0.1) is 42.9 Å². The number of ether oxygens (including phenoxy) is 2. The fourth-order valence-corrected chi connectivity index (χ4v) is 4.46. The van der Waals surface area contributed by atoms with Crippen LogP contribution < -0.4 is 14.4 Å². The number of nitrogens with zero attached hydrogens (tertiary/aromatic N) is 2. The first kappa shape index (κ1) is 18.7. The maximum atomic E-state index is 13.6. The van der Waals surface area contributed by atoms with Gasteiger partial charge in [0, 0.05) is 11.4 Å². The summed E-state index contributed by atoms with van der Waals surface area (Å²) in [6.07, 6.45) is 0.574. The molecule has 0 unspecified atom stereocenters. The van der Waals surface area contributed by atoms with Crippen LogP contribution in [0.15, 0.2) is 65.7 Å². The van der Waals surface area contributed by atoms with Gasteiger partial charge in [-0.05, 0) is 35.4 Å². The molecule has 150 valence electrons. The third-order valence-corrected chi connectivity index (χ3v) is 5.86. The van der Waals surface area contributed by atoms with Crippen LogP contribution in [0.25, 0.3) is 0 Å². The van der Waals surface area contributed by atoms with Crippen LogP contribution in [0.2, 0.25) is 5.02 Å². The lowest BCUT2D eigenvalue weighted by molar-refractivity contribution is 0.0989. The average molecular weight is 419 g/mol. The predicted octanol–water partition coefficient (Wildman–Crippen LogP) is 5.58. The monoisotopic (exact) mass is 418 g/mol. The molecular weight excluding hydrogens is 400 g/mol. The highest BCUT2D eigenvalue weighted by Crippen LogP contribution is 2.50. The summed E-state index contributed by atoms with van der Waals surface area (Å²) in [5.41, 5.74) is 4.78. The van der Waals surface area contributed by atoms with Crippen LogP contribution in [-0.2, 0) is 0 Å². The van der Waals surface area contributed by atoms with Crippen molar-refractivity contribution in [3.8, 4) is 11.5 Å². The molecule has 2 heterocycles. The third-order valence-electron chi connectivity index (χ3n) is 5.63. The molecule has 0 aromatic heterocycles. The molecule has 0 saturated heterocycles. The zero-order valence-electron chi connectivity index (χ0n) is 16.6. The Hall–Kier alpha value is -3.31. The van der Waals surface area contributed by atoms with Gasteiger partial charge in [-0.2, -0.15) is 0 Å². The molecule has 5 rings (SSSR count). The number of carbonyl (C=O) groups excluding carboxylic acids is 1. The Balaban J connectivity index is 1.75. The summed E-state index contributed by atoms with van der Waals surface area (Å²) in [4.78, 5) is 20.4. The van der Waals surface area contributed by atoms with E-state index in [2.05, 4.69) is 0 Å². The van der Waals surface area contributed by atoms with Crippen LogP contribution in [0.4, 0.5) is 11.4 Å². The number of aliphatic imine (C=N–C) groups is 1. The minimum absolute atomic E-state index is 0.126. The van der Waals surface area contributed by atoms with E-state index >= 15 is 0 Å². The van der Waals surface area contributed by atoms with E-state index in [1.54, 1.807) is 31.3 Å². The van der Waals surface area contributed by atoms with Crippen molar-refractivity contribution in [2.45, 2.75) is 12.5 Å². The van der Waals surface area contributed by atoms with Gasteiger partial charge in [-0.15, -0.1) is 0 Å². The molecule has 5 nitrogen and oxygen atoms in total. The van der Waals surface area contributed by atoms with E-state index in [-0.39, 0.29) is 11.9 Å². The van der Waals surface area contributed by atoms with Gasteiger partial charge in [-0.1, -0.05) is 48.0 Å². The molecule has 30 heavy (non-hydrogen) atoms. The van der Waals surface area contributed by atoms with E-state index in [0.29, 0.717) is 34.2 Å². The number of halogens is 1. The highest BCUT2D eigenvalue weighted by Gasteiger charge is 2.43. The Bertz CT molecular complexity index is 1190. The van der Waals surface area contributed by atoms with Gasteiger partial charge in [0.15, 0.2) is 11.5 Å². The van der Waals surface area contributed by atoms with E-state index < -0.39 is 0 Å². The fourth-order valence-electron chi connectivity index (χ4n) is 4.30. The van der Waals surface area contributed by atoms with Gasteiger partial charge in [0.1, 0.15) is 0 Å². The Morgan fingerprint density at radius 2 is 1.83 bits per heavy atom. The molecule has 0 aliphatic carbocycles. The summed E-state index contributed by atoms with van der Waals surface area (Å²) in [6.45, 7) is 0. The summed E-state index contributed by atoms with van der Waals surface area (Å²) in [7, 11) is 3.12. The van der Waals surface area contributed by atoms with E-state index in [4.69, 9.17) is 26.1 Å². The van der Waals surface area contributed by atoms with Crippen LogP contribution in [0.3, 0.4) is 0 Å². The molecular formula is C24H19ClN2O3. The molecule has 2 aliphatic rings. The number of methoxy groups -OCH3 is 2. The maximum Gasteiger partial charge on any atom is 0.263 e. The minimum Gasteiger partial charge on any atom is -0.493 e. The van der Waals surface area contributed by atoms with Crippen LogP contribution in [0, 0.1) is 0 Å².